The van der Waals surface area contributed by atoms with Gasteiger partial charge in [0, 0.05) is 23.7 Å². The van der Waals surface area contributed by atoms with Crippen molar-refractivity contribution < 1.29 is 9.59 Å². The standard InChI is InChI=1S/C18H25N3O2S/c22-17(20-11-12-24-13-5-1-2-6-13)14-8-9-16(21-18(14)23)15-7-3-4-10-19-15/h3-4,7,10,13-14,16H,1-2,5-6,8-9,11-12H2,(H,20,22)(H,21,23). The number of carbonyl (C=O) groups excluding carboxylic acids is 2. The van der Waals surface area contributed by atoms with Crippen LogP contribution in [0.3, 0.4) is 0 Å². The van der Waals surface area contributed by atoms with Gasteiger partial charge < -0.3 is 10.6 Å². The first-order valence-corrected chi connectivity index (χ1v) is 9.89. The molecule has 2 atom stereocenters. The number of carbonyl (C=O) groups is 2. The molecule has 130 valence electrons. The molecule has 2 aliphatic rings. The molecule has 24 heavy (non-hydrogen) atoms. The molecule has 1 aromatic heterocycles. The fraction of sp³-hybridized carbons (Fsp3) is 0.611. The lowest BCUT2D eigenvalue weighted by molar-refractivity contribution is -0.137. The van der Waals surface area contributed by atoms with Crippen LogP contribution < -0.4 is 10.6 Å². The zero-order chi connectivity index (χ0) is 16.8. The third-order valence-electron chi connectivity index (χ3n) is 4.80. The molecule has 1 saturated carbocycles. The Hall–Kier alpha value is -1.56. The van der Waals surface area contributed by atoms with Crippen molar-refractivity contribution in [1.29, 1.82) is 0 Å². The highest BCUT2D eigenvalue weighted by molar-refractivity contribution is 7.99. The molecule has 2 fully saturated rings. The molecule has 0 spiro atoms. The minimum absolute atomic E-state index is 0.0827. The van der Waals surface area contributed by atoms with Crippen molar-refractivity contribution in [3.63, 3.8) is 0 Å². The average Bonchev–Trinajstić information content (AvgIpc) is 3.12. The Morgan fingerprint density at radius 1 is 1.25 bits per heavy atom. The van der Waals surface area contributed by atoms with Gasteiger partial charge in [0.25, 0.3) is 0 Å². The van der Waals surface area contributed by atoms with E-state index in [-0.39, 0.29) is 17.9 Å². The van der Waals surface area contributed by atoms with E-state index in [0.29, 0.717) is 13.0 Å². The summed E-state index contributed by atoms with van der Waals surface area (Å²) in [6.07, 6.45) is 8.33. The van der Waals surface area contributed by atoms with Gasteiger partial charge in [0.1, 0.15) is 5.92 Å². The summed E-state index contributed by atoms with van der Waals surface area (Å²) in [6, 6.07) is 5.59. The summed E-state index contributed by atoms with van der Waals surface area (Å²) < 4.78 is 0. The molecule has 1 saturated heterocycles. The highest BCUT2D eigenvalue weighted by Crippen LogP contribution is 2.29. The number of rotatable bonds is 6. The quantitative estimate of drug-likeness (QED) is 0.612. The van der Waals surface area contributed by atoms with Gasteiger partial charge in [-0.25, -0.2) is 0 Å². The molecule has 3 rings (SSSR count). The summed E-state index contributed by atoms with van der Waals surface area (Å²) >= 11 is 1.95. The number of nitrogens with zero attached hydrogens (tertiary/aromatic N) is 1. The normalized spacial score (nSPS) is 24.6. The van der Waals surface area contributed by atoms with Crippen molar-refractivity contribution >= 4 is 23.6 Å². The van der Waals surface area contributed by atoms with Crippen LogP contribution in [0, 0.1) is 5.92 Å². The maximum absolute atomic E-state index is 12.3. The summed E-state index contributed by atoms with van der Waals surface area (Å²) in [7, 11) is 0. The fourth-order valence-corrected chi connectivity index (χ4v) is 4.66. The van der Waals surface area contributed by atoms with E-state index in [4.69, 9.17) is 0 Å². The number of nitrogens with one attached hydrogen (secondary N) is 2. The lowest BCUT2D eigenvalue weighted by Crippen LogP contribution is -2.46. The second kappa shape index (κ2) is 8.51. The molecule has 2 unspecified atom stereocenters. The molecule has 0 bridgehead atoms. The Balaban J connectivity index is 1.40. The zero-order valence-corrected chi connectivity index (χ0v) is 14.7. The molecule has 0 aromatic carbocycles. The van der Waals surface area contributed by atoms with E-state index in [2.05, 4.69) is 15.6 Å². The average molecular weight is 347 g/mol. The van der Waals surface area contributed by atoms with Crippen LogP contribution in [0.15, 0.2) is 24.4 Å². The van der Waals surface area contributed by atoms with Gasteiger partial charge in [-0.3, -0.25) is 14.6 Å². The number of hydrogen-bond donors (Lipinski definition) is 2. The summed E-state index contributed by atoms with van der Waals surface area (Å²) in [5.74, 6) is 0.0414. The molecule has 2 amide bonds. The maximum Gasteiger partial charge on any atom is 0.233 e. The number of thioether (sulfide) groups is 1. The van der Waals surface area contributed by atoms with Crippen molar-refractivity contribution in [2.75, 3.05) is 12.3 Å². The number of hydrogen-bond acceptors (Lipinski definition) is 4. The first-order valence-electron chi connectivity index (χ1n) is 8.84. The predicted molar refractivity (Wildman–Crippen MR) is 95.6 cm³/mol. The van der Waals surface area contributed by atoms with E-state index in [1.165, 1.54) is 25.7 Å². The van der Waals surface area contributed by atoms with Gasteiger partial charge in [0.05, 0.1) is 11.7 Å². The minimum atomic E-state index is -0.568. The van der Waals surface area contributed by atoms with Crippen molar-refractivity contribution in [2.45, 2.75) is 49.8 Å². The van der Waals surface area contributed by atoms with Crippen LogP contribution >= 0.6 is 11.8 Å². The van der Waals surface area contributed by atoms with Crippen LogP contribution in [0.25, 0.3) is 0 Å². The molecular formula is C18H25N3O2S. The van der Waals surface area contributed by atoms with E-state index in [1.54, 1.807) is 6.20 Å². The molecule has 1 aromatic rings. The number of amides is 2. The SMILES string of the molecule is O=C(NCCSC1CCCC1)C1CCC(c2ccccn2)NC1=O. The summed E-state index contributed by atoms with van der Waals surface area (Å²) in [6.45, 7) is 0.646. The van der Waals surface area contributed by atoms with E-state index in [9.17, 15) is 9.59 Å². The van der Waals surface area contributed by atoms with Crippen LogP contribution in [0.4, 0.5) is 0 Å². The number of pyridine rings is 1. The molecule has 5 nitrogen and oxygen atoms in total. The molecule has 0 radical (unpaired) electrons. The Labute approximate surface area is 147 Å². The third-order valence-corrected chi connectivity index (χ3v) is 6.18. The van der Waals surface area contributed by atoms with Gasteiger partial charge in [-0.05, 0) is 37.8 Å². The van der Waals surface area contributed by atoms with Gasteiger partial charge in [0.15, 0.2) is 0 Å². The Morgan fingerprint density at radius 3 is 2.79 bits per heavy atom. The highest BCUT2D eigenvalue weighted by atomic mass is 32.2. The Bertz CT molecular complexity index is 561. The van der Waals surface area contributed by atoms with Crippen molar-refractivity contribution in [3.05, 3.63) is 30.1 Å². The lowest BCUT2D eigenvalue weighted by atomic mass is 9.91. The van der Waals surface area contributed by atoms with Crippen molar-refractivity contribution in [1.82, 2.24) is 15.6 Å². The van der Waals surface area contributed by atoms with E-state index in [0.717, 1.165) is 23.1 Å². The monoisotopic (exact) mass is 347 g/mol. The highest BCUT2D eigenvalue weighted by Gasteiger charge is 2.33. The van der Waals surface area contributed by atoms with Crippen LogP contribution in [0.1, 0.15) is 50.3 Å². The maximum atomic E-state index is 12.3. The second-order valence-corrected chi connectivity index (χ2v) is 7.92. The Kier molecular flexibility index (Phi) is 6.12. The molecular weight excluding hydrogens is 322 g/mol. The second-order valence-electron chi connectivity index (χ2n) is 6.51. The Morgan fingerprint density at radius 2 is 2.08 bits per heavy atom. The smallest absolute Gasteiger partial charge is 0.233 e. The van der Waals surface area contributed by atoms with Gasteiger partial charge >= 0.3 is 0 Å². The molecule has 2 heterocycles. The summed E-state index contributed by atoms with van der Waals surface area (Å²) in [5, 5.41) is 6.62. The van der Waals surface area contributed by atoms with Crippen LogP contribution in [0.2, 0.25) is 0 Å². The summed E-state index contributed by atoms with van der Waals surface area (Å²) in [5.41, 5.74) is 0.859. The van der Waals surface area contributed by atoms with Gasteiger partial charge in [-0.15, -0.1) is 0 Å². The van der Waals surface area contributed by atoms with Gasteiger partial charge in [-0.2, -0.15) is 11.8 Å². The topological polar surface area (TPSA) is 71.1 Å². The molecule has 1 aliphatic heterocycles. The van der Waals surface area contributed by atoms with Gasteiger partial charge in [0.2, 0.25) is 11.8 Å². The van der Waals surface area contributed by atoms with Crippen LogP contribution in [-0.2, 0) is 9.59 Å². The largest absolute Gasteiger partial charge is 0.355 e. The van der Waals surface area contributed by atoms with Crippen molar-refractivity contribution in [3.8, 4) is 0 Å². The van der Waals surface area contributed by atoms with Crippen molar-refractivity contribution in [2.24, 2.45) is 5.92 Å². The minimum Gasteiger partial charge on any atom is -0.355 e. The molecule has 6 heteroatoms. The third kappa shape index (κ3) is 4.50. The van der Waals surface area contributed by atoms with E-state index < -0.39 is 5.92 Å². The first kappa shape index (κ1) is 17.3. The molecule has 1 aliphatic carbocycles. The van der Waals surface area contributed by atoms with E-state index in [1.807, 2.05) is 30.0 Å². The predicted octanol–water partition coefficient (Wildman–Crippen LogP) is 2.44. The number of aromatic nitrogens is 1. The lowest BCUT2D eigenvalue weighted by Gasteiger charge is -2.28. The summed E-state index contributed by atoms with van der Waals surface area (Å²) in [4.78, 5) is 28.8. The molecule has 2 N–H and O–H groups in total. The van der Waals surface area contributed by atoms with Gasteiger partial charge in [-0.1, -0.05) is 18.9 Å². The first-order chi connectivity index (χ1) is 11.7. The zero-order valence-electron chi connectivity index (χ0n) is 13.9. The van der Waals surface area contributed by atoms with Crippen LogP contribution in [0.5, 0.6) is 0 Å². The van der Waals surface area contributed by atoms with Crippen LogP contribution in [-0.4, -0.2) is 34.3 Å². The number of piperidine rings is 1. The fourth-order valence-electron chi connectivity index (χ4n) is 3.44. The van der Waals surface area contributed by atoms with E-state index >= 15 is 0 Å².